The summed E-state index contributed by atoms with van der Waals surface area (Å²) in [6.07, 6.45) is 0.00255. The van der Waals surface area contributed by atoms with Crippen molar-refractivity contribution in [1.29, 1.82) is 0 Å². The van der Waals surface area contributed by atoms with Crippen LogP contribution in [0.15, 0.2) is 18.2 Å². The molecule has 0 radical (unpaired) electrons. The Bertz CT molecular complexity index is 811. The summed E-state index contributed by atoms with van der Waals surface area (Å²) in [5, 5.41) is 9.08. The quantitative estimate of drug-likeness (QED) is 0.764. The fraction of sp³-hybridized carbons (Fsp3) is 0.286. The summed E-state index contributed by atoms with van der Waals surface area (Å²) < 4.78 is 3.89. The first-order valence-electron chi connectivity index (χ1n) is 6.14. The van der Waals surface area contributed by atoms with Crippen LogP contribution in [0.1, 0.15) is 17.0 Å². The number of carboxylic acid groups (broad SMARTS) is 1. The Hall–Kier alpha value is -2.30. The smallest absolute Gasteiger partial charge is 0.309 e. The molecule has 3 rings (SSSR count). The minimum Gasteiger partial charge on any atom is -0.481 e. The van der Waals surface area contributed by atoms with Gasteiger partial charge in [-0.3, -0.25) is 9.20 Å². The summed E-state index contributed by atoms with van der Waals surface area (Å²) in [6, 6.07) is 5.96. The second-order valence-electron chi connectivity index (χ2n) is 4.85. The van der Waals surface area contributed by atoms with E-state index in [1.165, 1.54) is 0 Å². The Kier molecular flexibility index (Phi) is 2.38. The van der Waals surface area contributed by atoms with Crippen LogP contribution in [0.5, 0.6) is 0 Å². The molecule has 0 aliphatic carbocycles. The minimum absolute atomic E-state index is 0.00255. The number of aliphatic carboxylic acids is 1. The zero-order valence-electron chi connectivity index (χ0n) is 11.1. The number of carbonyl (C=O) groups is 1. The molecule has 0 aliphatic rings. The van der Waals surface area contributed by atoms with E-state index in [4.69, 9.17) is 5.11 Å². The molecule has 2 aromatic heterocycles. The molecular formula is C14H15N3O2. The molecule has 0 spiro atoms. The maximum absolute atomic E-state index is 11.1. The molecule has 0 aliphatic heterocycles. The first-order valence-corrected chi connectivity index (χ1v) is 6.14. The van der Waals surface area contributed by atoms with Gasteiger partial charge in [0.2, 0.25) is 5.78 Å². The van der Waals surface area contributed by atoms with Crippen LogP contribution < -0.4 is 0 Å². The molecule has 3 aromatic rings. The third kappa shape index (κ3) is 1.54. The molecular weight excluding hydrogens is 242 g/mol. The highest BCUT2D eigenvalue weighted by molar-refractivity contribution is 5.84. The standard InChI is InChI=1S/C14H15N3O2/c1-8-5-4-6-10-13(8)15-14-16(3)9(2)11(17(10)14)7-12(18)19/h4-6H,7H2,1-3H3,(H,18,19). The zero-order chi connectivity index (χ0) is 13.7. The van der Waals surface area contributed by atoms with Gasteiger partial charge >= 0.3 is 5.97 Å². The van der Waals surface area contributed by atoms with E-state index in [2.05, 4.69) is 4.98 Å². The van der Waals surface area contributed by atoms with Crippen LogP contribution in [0.2, 0.25) is 0 Å². The van der Waals surface area contributed by atoms with Gasteiger partial charge in [-0.15, -0.1) is 0 Å². The maximum atomic E-state index is 11.1. The number of hydrogen-bond donors (Lipinski definition) is 1. The van der Waals surface area contributed by atoms with Crippen LogP contribution in [-0.4, -0.2) is 25.0 Å². The lowest BCUT2D eigenvalue weighted by molar-refractivity contribution is -0.136. The number of rotatable bonds is 2. The van der Waals surface area contributed by atoms with Crippen molar-refractivity contribution >= 4 is 22.8 Å². The summed E-state index contributed by atoms with van der Waals surface area (Å²) in [5.41, 5.74) is 4.72. The molecule has 0 bridgehead atoms. The Balaban J connectivity index is 2.47. The van der Waals surface area contributed by atoms with Gasteiger partial charge < -0.3 is 9.67 Å². The molecule has 0 saturated heterocycles. The van der Waals surface area contributed by atoms with Crippen molar-refractivity contribution in [2.45, 2.75) is 20.3 Å². The predicted octanol–water partition coefficient (Wildman–Crippen LogP) is 2.07. The second kappa shape index (κ2) is 3.85. The molecule has 0 fully saturated rings. The van der Waals surface area contributed by atoms with Crippen LogP contribution >= 0.6 is 0 Å². The number of benzene rings is 1. The van der Waals surface area contributed by atoms with Crippen LogP contribution in [0.25, 0.3) is 16.8 Å². The molecule has 5 heteroatoms. The average Bonchev–Trinajstić information content (AvgIpc) is 2.83. The first-order chi connectivity index (χ1) is 9.00. The monoisotopic (exact) mass is 257 g/mol. The van der Waals surface area contributed by atoms with E-state index in [0.29, 0.717) is 0 Å². The van der Waals surface area contributed by atoms with E-state index in [1.807, 2.05) is 48.1 Å². The van der Waals surface area contributed by atoms with Crippen LogP contribution in [0, 0.1) is 13.8 Å². The van der Waals surface area contributed by atoms with Gasteiger partial charge in [0.1, 0.15) is 0 Å². The van der Waals surface area contributed by atoms with Gasteiger partial charge in [0.15, 0.2) is 0 Å². The van der Waals surface area contributed by atoms with E-state index in [1.54, 1.807) is 0 Å². The topological polar surface area (TPSA) is 59.5 Å². The van der Waals surface area contributed by atoms with Gasteiger partial charge in [0, 0.05) is 12.7 Å². The first kappa shape index (κ1) is 11.8. The van der Waals surface area contributed by atoms with Gasteiger partial charge in [0.05, 0.1) is 23.1 Å². The number of aryl methyl sites for hydroxylation is 2. The van der Waals surface area contributed by atoms with E-state index >= 15 is 0 Å². The Morgan fingerprint density at radius 2 is 2.11 bits per heavy atom. The maximum Gasteiger partial charge on any atom is 0.309 e. The largest absolute Gasteiger partial charge is 0.481 e. The molecule has 0 saturated carbocycles. The second-order valence-corrected chi connectivity index (χ2v) is 4.85. The SMILES string of the molecule is Cc1cccc2c1nc1n(C)c(C)c(CC(=O)O)n21. The van der Waals surface area contributed by atoms with Crippen molar-refractivity contribution in [2.24, 2.45) is 7.05 Å². The number of carboxylic acids is 1. The number of nitrogens with zero attached hydrogens (tertiary/aromatic N) is 3. The van der Waals surface area contributed by atoms with Gasteiger partial charge in [-0.25, -0.2) is 4.98 Å². The molecule has 5 nitrogen and oxygen atoms in total. The van der Waals surface area contributed by atoms with Gasteiger partial charge in [-0.2, -0.15) is 0 Å². The Morgan fingerprint density at radius 1 is 1.37 bits per heavy atom. The van der Waals surface area contributed by atoms with E-state index < -0.39 is 5.97 Å². The highest BCUT2D eigenvalue weighted by Crippen LogP contribution is 2.25. The summed E-state index contributed by atoms with van der Waals surface area (Å²) in [6.45, 7) is 3.94. The highest BCUT2D eigenvalue weighted by Gasteiger charge is 2.19. The summed E-state index contributed by atoms with van der Waals surface area (Å²) in [4.78, 5) is 15.7. The number of hydrogen-bond acceptors (Lipinski definition) is 2. The summed E-state index contributed by atoms with van der Waals surface area (Å²) in [7, 11) is 1.91. The van der Waals surface area contributed by atoms with Gasteiger partial charge in [0.25, 0.3) is 0 Å². The number of fused-ring (bicyclic) bond motifs is 3. The normalized spacial score (nSPS) is 11.5. The average molecular weight is 257 g/mol. The number of aromatic nitrogens is 3. The Labute approximate surface area is 110 Å². The van der Waals surface area contributed by atoms with E-state index in [9.17, 15) is 4.79 Å². The molecule has 0 amide bonds. The fourth-order valence-electron chi connectivity index (χ4n) is 2.57. The lowest BCUT2D eigenvalue weighted by atomic mass is 10.2. The third-order valence-corrected chi connectivity index (χ3v) is 3.68. The van der Waals surface area contributed by atoms with Crippen LogP contribution in [-0.2, 0) is 18.3 Å². The number of para-hydroxylation sites is 1. The third-order valence-electron chi connectivity index (χ3n) is 3.68. The number of imidazole rings is 2. The lowest BCUT2D eigenvalue weighted by Gasteiger charge is -2.01. The van der Waals surface area contributed by atoms with Crippen molar-refractivity contribution in [3.05, 3.63) is 35.2 Å². The van der Waals surface area contributed by atoms with Crippen molar-refractivity contribution in [3.8, 4) is 0 Å². The summed E-state index contributed by atoms with van der Waals surface area (Å²) in [5.74, 6) is -0.0387. The molecule has 98 valence electrons. The highest BCUT2D eigenvalue weighted by atomic mass is 16.4. The molecule has 0 unspecified atom stereocenters. The molecule has 2 heterocycles. The lowest BCUT2D eigenvalue weighted by Crippen LogP contribution is -2.05. The predicted molar refractivity (Wildman–Crippen MR) is 72.5 cm³/mol. The molecule has 1 aromatic carbocycles. The van der Waals surface area contributed by atoms with Crippen molar-refractivity contribution < 1.29 is 9.90 Å². The molecule has 19 heavy (non-hydrogen) atoms. The van der Waals surface area contributed by atoms with Crippen molar-refractivity contribution in [2.75, 3.05) is 0 Å². The fourth-order valence-corrected chi connectivity index (χ4v) is 2.57. The zero-order valence-corrected chi connectivity index (χ0v) is 11.1. The van der Waals surface area contributed by atoms with Crippen molar-refractivity contribution in [3.63, 3.8) is 0 Å². The van der Waals surface area contributed by atoms with Crippen LogP contribution in [0.3, 0.4) is 0 Å². The van der Waals surface area contributed by atoms with E-state index in [0.717, 1.165) is 33.8 Å². The summed E-state index contributed by atoms with van der Waals surface area (Å²) >= 11 is 0. The van der Waals surface area contributed by atoms with Crippen LogP contribution in [0.4, 0.5) is 0 Å². The molecule has 0 atom stereocenters. The van der Waals surface area contributed by atoms with Crippen molar-refractivity contribution in [1.82, 2.24) is 14.0 Å². The van der Waals surface area contributed by atoms with Gasteiger partial charge in [-0.1, -0.05) is 12.1 Å². The van der Waals surface area contributed by atoms with Gasteiger partial charge in [-0.05, 0) is 25.5 Å². The molecule has 1 N–H and O–H groups in total. The minimum atomic E-state index is -0.829. The van der Waals surface area contributed by atoms with E-state index in [-0.39, 0.29) is 6.42 Å². The Morgan fingerprint density at radius 3 is 2.79 bits per heavy atom.